The highest BCUT2D eigenvalue weighted by Crippen LogP contribution is 2.46. The quantitative estimate of drug-likeness (QED) is 0.838. The first-order valence-electron chi connectivity index (χ1n) is 8.58. The van der Waals surface area contributed by atoms with Crippen molar-refractivity contribution in [2.75, 3.05) is 41.7 Å². The van der Waals surface area contributed by atoms with E-state index in [1.54, 1.807) is 21.3 Å². The van der Waals surface area contributed by atoms with Crippen LogP contribution in [0.25, 0.3) is 0 Å². The lowest BCUT2D eigenvalue weighted by atomic mass is 9.88. The normalized spacial score (nSPS) is 18.4. The van der Waals surface area contributed by atoms with Crippen molar-refractivity contribution >= 4 is 0 Å². The van der Waals surface area contributed by atoms with E-state index in [-0.39, 0.29) is 12.8 Å². The second-order valence-corrected chi connectivity index (χ2v) is 6.50. The Morgan fingerprint density at radius 1 is 0.923 bits per heavy atom. The average Bonchev–Trinajstić information content (AvgIpc) is 3.12. The Morgan fingerprint density at radius 2 is 1.58 bits per heavy atom. The summed E-state index contributed by atoms with van der Waals surface area (Å²) in [5, 5.41) is 0. The van der Waals surface area contributed by atoms with Crippen LogP contribution in [0.5, 0.6) is 28.7 Å². The molecule has 0 aromatic heterocycles. The molecule has 2 aliphatic rings. The number of ether oxygens (including phenoxy) is 5. The van der Waals surface area contributed by atoms with Gasteiger partial charge in [-0.05, 0) is 54.4 Å². The molecule has 1 atom stereocenters. The van der Waals surface area contributed by atoms with E-state index < -0.39 is 0 Å². The Morgan fingerprint density at radius 3 is 2.19 bits per heavy atom. The lowest BCUT2D eigenvalue weighted by Crippen LogP contribution is -2.32. The second kappa shape index (κ2) is 6.61. The fraction of sp³-hybridized carbons (Fsp3) is 0.400. The monoisotopic (exact) mass is 357 g/mol. The molecule has 0 aliphatic carbocycles. The van der Waals surface area contributed by atoms with Crippen LogP contribution in [0.4, 0.5) is 0 Å². The van der Waals surface area contributed by atoms with Gasteiger partial charge in [-0.15, -0.1) is 0 Å². The summed E-state index contributed by atoms with van der Waals surface area (Å²) in [7, 11) is 7.01. The summed E-state index contributed by atoms with van der Waals surface area (Å²) < 4.78 is 27.7. The van der Waals surface area contributed by atoms with E-state index in [2.05, 4.69) is 24.1 Å². The fourth-order valence-corrected chi connectivity index (χ4v) is 3.83. The molecule has 0 amide bonds. The Bertz CT molecular complexity index is 810. The summed E-state index contributed by atoms with van der Waals surface area (Å²) in [5.41, 5.74) is 3.59. The molecule has 6 heteroatoms. The van der Waals surface area contributed by atoms with Crippen LogP contribution in [0.1, 0.15) is 22.7 Å². The van der Waals surface area contributed by atoms with Crippen LogP contribution in [0.2, 0.25) is 0 Å². The predicted molar refractivity (Wildman–Crippen MR) is 96.8 cm³/mol. The average molecular weight is 357 g/mol. The summed E-state index contributed by atoms with van der Waals surface area (Å²) in [4.78, 5) is 2.32. The van der Waals surface area contributed by atoms with Crippen molar-refractivity contribution in [1.29, 1.82) is 0 Å². The maximum atomic E-state index is 5.60. The third-order valence-corrected chi connectivity index (χ3v) is 5.11. The van der Waals surface area contributed by atoms with E-state index >= 15 is 0 Å². The lowest BCUT2D eigenvalue weighted by Gasteiger charge is -2.35. The maximum absolute atomic E-state index is 5.60. The number of nitrogens with zero attached hydrogens (tertiary/aromatic N) is 1. The minimum atomic E-state index is 0.0713. The molecular formula is C20H23NO5. The van der Waals surface area contributed by atoms with Crippen LogP contribution in [0.3, 0.4) is 0 Å². The van der Waals surface area contributed by atoms with Gasteiger partial charge in [0.25, 0.3) is 0 Å². The van der Waals surface area contributed by atoms with Crippen LogP contribution < -0.4 is 23.7 Å². The standard InChI is InChI=1S/C20H23NO5/c1-21-6-5-12-7-15-16(26-11-25-15)10-14(12)19(21)13-8-17(22-2)20(24-4)18(9-13)23-3/h7-10,19H,5-6,11H2,1-4H3/t19-/m1/s1. The molecule has 0 radical (unpaired) electrons. The first kappa shape index (κ1) is 16.8. The second-order valence-electron chi connectivity index (χ2n) is 6.50. The molecular weight excluding hydrogens is 334 g/mol. The first-order chi connectivity index (χ1) is 12.7. The molecule has 4 rings (SSSR count). The molecule has 2 aliphatic heterocycles. The van der Waals surface area contributed by atoms with Crippen molar-refractivity contribution in [2.24, 2.45) is 0 Å². The predicted octanol–water partition coefficient (Wildman–Crippen LogP) is 3.02. The van der Waals surface area contributed by atoms with Crippen LogP contribution in [0.15, 0.2) is 24.3 Å². The Labute approximate surface area is 153 Å². The zero-order valence-corrected chi connectivity index (χ0v) is 15.5. The number of hydrogen-bond acceptors (Lipinski definition) is 6. The lowest BCUT2D eigenvalue weighted by molar-refractivity contribution is 0.174. The number of fused-ring (bicyclic) bond motifs is 2. The van der Waals surface area contributed by atoms with Crippen molar-refractivity contribution in [3.63, 3.8) is 0 Å². The number of benzene rings is 2. The first-order valence-corrected chi connectivity index (χ1v) is 8.58. The van der Waals surface area contributed by atoms with Gasteiger partial charge in [-0.2, -0.15) is 0 Å². The van der Waals surface area contributed by atoms with Crippen LogP contribution in [-0.2, 0) is 6.42 Å². The highest BCUT2D eigenvalue weighted by Gasteiger charge is 2.31. The minimum absolute atomic E-state index is 0.0713. The zero-order chi connectivity index (χ0) is 18.3. The van der Waals surface area contributed by atoms with Gasteiger partial charge < -0.3 is 23.7 Å². The topological polar surface area (TPSA) is 49.4 Å². The van der Waals surface area contributed by atoms with E-state index in [9.17, 15) is 0 Å². The minimum Gasteiger partial charge on any atom is -0.493 e. The molecule has 0 N–H and O–H groups in total. The van der Waals surface area contributed by atoms with Gasteiger partial charge >= 0.3 is 0 Å². The van der Waals surface area contributed by atoms with Crippen molar-refractivity contribution in [2.45, 2.75) is 12.5 Å². The Kier molecular flexibility index (Phi) is 4.28. The summed E-state index contributed by atoms with van der Waals surface area (Å²) in [6.45, 7) is 1.23. The third-order valence-electron chi connectivity index (χ3n) is 5.11. The molecule has 0 unspecified atom stereocenters. The Balaban J connectivity index is 1.86. The van der Waals surface area contributed by atoms with Crippen molar-refractivity contribution in [3.8, 4) is 28.7 Å². The number of rotatable bonds is 4. The van der Waals surface area contributed by atoms with E-state index in [1.807, 2.05) is 12.1 Å². The van der Waals surface area contributed by atoms with E-state index in [0.29, 0.717) is 17.2 Å². The van der Waals surface area contributed by atoms with Gasteiger partial charge in [-0.3, -0.25) is 4.90 Å². The Hall–Kier alpha value is -2.60. The van der Waals surface area contributed by atoms with Gasteiger partial charge in [0.05, 0.1) is 27.4 Å². The summed E-state index contributed by atoms with van der Waals surface area (Å²) in [6, 6.07) is 8.31. The van der Waals surface area contributed by atoms with E-state index in [4.69, 9.17) is 23.7 Å². The van der Waals surface area contributed by atoms with Crippen LogP contribution in [-0.4, -0.2) is 46.6 Å². The number of methoxy groups -OCH3 is 3. The van der Waals surface area contributed by atoms with Gasteiger partial charge in [-0.25, -0.2) is 0 Å². The molecule has 0 bridgehead atoms. The molecule has 0 spiro atoms. The molecule has 6 nitrogen and oxygen atoms in total. The third kappa shape index (κ3) is 2.61. The van der Waals surface area contributed by atoms with Gasteiger partial charge in [0.1, 0.15) is 0 Å². The molecule has 2 heterocycles. The fourth-order valence-electron chi connectivity index (χ4n) is 3.83. The van der Waals surface area contributed by atoms with Gasteiger partial charge in [0, 0.05) is 6.54 Å². The molecule has 2 aromatic carbocycles. The number of hydrogen-bond donors (Lipinski definition) is 0. The highest BCUT2D eigenvalue weighted by molar-refractivity contribution is 5.58. The van der Waals surface area contributed by atoms with Gasteiger partial charge in [-0.1, -0.05) is 0 Å². The summed E-state index contributed by atoms with van der Waals surface area (Å²) in [5.74, 6) is 3.54. The maximum Gasteiger partial charge on any atom is 0.231 e. The van der Waals surface area contributed by atoms with Crippen molar-refractivity contribution < 1.29 is 23.7 Å². The van der Waals surface area contributed by atoms with Crippen molar-refractivity contribution in [1.82, 2.24) is 4.90 Å². The zero-order valence-electron chi connectivity index (χ0n) is 15.5. The van der Waals surface area contributed by atoms with E-state index in [0.717, 1.165) is 30.0 Å². The van der Waals surface area contributed by atoms with Crippen molar-refractivity contribution in [3.05, 3.63) is 41.0 Å². The SMILES string of the molecule is COc1cc([C@@H]2c3cc4c(cc3CCN2C)OCO4)cc(OC)c1OC. The molecule has 138 valence electrons. The van der Waals surface area contributed by atoms with Gasteiger partial charge in [0.15, 0.2) is 23.0 Å². The largest absolute Gasteiger partial charge is 0.493 e. The molecule has 0 fully saturated rings. The number of likely N-dealkylation sites (N-methyl/N-ethyl adjacent to an activating group) is 1. The van der Waals surface area contributed by atoms with E-state index in [1.165, 1.54) is 11.1 Å². The van der Waals surface area contributed by atoms with Crippen LogP contribution in [0, 0.1) is 0 Å². The molecule has 0 saturated carbocycles. The summed E-state index contributed by atoms with van der Waals surface area (Å²) in [6.07, 6.45) is 0.976. The highest BCUT2D eigenvalue weighted by atomic mass is 16.7. The van der Waals surface area contributed by atoms with Crippen LogP contribution >= 0.6 is 0 Å². The molecule has 26 heavy (non-hydrogen) atoms. The van der Waals surface area contributed by atoms with Gasteiger partial charge in [0.2, 0.25) is 12.5 Å². The smallest absolute Gasteiger partial charge is 0.231 e. The summed E-state index contributed by atoms with van der Waals surface area (Å²) >= 11 is 0. The molecule has 2 aromatic rings. The molecule has 0 saturated heterocycles.